The Morgan fingerprint density at radius 3 is 2.59 bits per heavy atom. The van der Waals surface area contributed by atoms with Crippen molar-refractivity contribution in [1.29, 1.82) is 0 Å². The Morgan fingerprint density at radius 2 is 1.93 bits per heavy atom. The van der Waals surface area contributed by atoms with Crippen LogP contribution in [0.25, 0.3) is 0 Å². The van der Waals surface area contributed by atoms with E-state index in [2.05, 4.69) is 20.6 Å². The van der Waals surface area contributed by atoms with Gasteiger partial charge in [-0.2, -0.15) is 0 Å². The van der Waals surface area contributed by atoms with E-state index >= 15 is 0 Å². The molecule has 1 aromatic carbocycles. The maximum Gasteiger partial charge on any atom is 0.191 e. The molecule has 0 amide bonds. The van der Waals surface area contributed by atoms with Gasteiger partial charge in [-0.25, -0.2) is 9.38 Å². The fraction of sp³-hybridized carbons (Fsp3) is 0.400. The van der Waals surface area contributed by atoms with Crippen molar-refractivity contribution in [3.8, 4) is 5.75 Å². The van der Waals surface area contributed by atoms with Crippen molar-refractivity contribution in [1.82, 2.24) is 15.6 Å². The van der Waals surface area contributed by atoms with Crippen LogP contribution in [-0.4, -0.2) is 36.7 Å². The van der Waals surface area contributed by atoms with Crippen LogP contribution >= 0.6 is 24.0 Å². The summed E-state index contributed by atoms with van der Waals surface area (Å²) in [6, 6.07) is 12.3. The first-order chi connectivity index (χ1) is 12.7. The van der Waals surface area contributed by atoms with E-state index in [4.69, 9.17) is 4.74 Å². The van der Waals surface area contributed by atoms with E-state index in [1.165, 1.54) is 6.07 Å². The third-order valence-corrected chi connectivity index (χ3v) is 3.78. The van der Waals surface area contributed by atoms with Gasteiger partial charge in [0.05, 0.1) is 6.54 Å². The summed E-state index contributed by atoms with van der Waals surface area (Å²) in [6.45, 7) is 5.96. The lowest BCUT2D eigenvalue weighted by atomic mass is 10.2. The number of rotatable bonds is 9. The van der Waals surface area contributed by atoms with E-state index in [9.17, 15) is 4.39 Å². The van der Waals surface area contributed by atoms with Crippen molar-refractivity contribution in [3.05, 3.63) is 60.2 Å². The number of nitrogens with zero attached hydrogens (tertiary/aromatic N) is 2. The Labute approximate surface area is 177 Å². The van der Waals surface area contributed by atoms with Crippen LogP contribution in [0.3, 0.4) is 0 Å². The second-order valence-electron chi connectivity index (χ2n) is 5.80. The summed E-state index contributed by atoms with van der Waals surface area (Å²) >= 11 is 0. The van der Waals surface area contributed by atoms with Gasteiger partial charge in [0, 0.05) is 31.4 Å². The lowest BCUT2D eigenvalue weighted by molar-refractivity contribution is 0.196. The summed E-state index contributed by atoms with van der Waals surface area (Å²) in [6.07, 6.45) is 3.16. The van der Waals surface area contributed by atoms with Gasteiger partial charge in [-0.3, -0.25) is 4.98 Å². The second kappa shape index (κ2) is 13.3. The lowest BCUT2D eigenvalue weighted by Gasteiger charge is -2.17. The first-order valence-electron chi connectivity index (χ1n) is 9.06. The Morgan fingerprint density at radius 1 is 1.15 bits per heavy atom. The molecule has 1 unspecified atom stereocenters. The van der Waals surface area contributed by atoms with Gasteiger partial charge in [0.1, 0.15) is 6.10 Å². The van der Waals surface area contributed by atoms with Crippen LogP contribution in [0.2, 0.25) is 0 Å². The molecule has 0 saturated heterocycles. The zero-order chi connectivity index (χ0) is 18.6. The average Bonchev–Trinajstić information content (AvgIpc) is 2.67. The summed E-state index contributed by atoms with van der Waals surface area (Å²) in [5.74, 6) is 0.636. The summed E-state index contributed by atoms with van der Waals surface area (Å²) < 4.78 is 19.5. The minimum atomic E-state index is -0.352. The van der Waals surface area contributed by atoms with Gasteiger partial charge in [-0.15, -0.1) is 24.0 Å². The predicted octanol–water partition coefficient (Wildman–Crippen LogP) is 3.79. The molecule has 2 rings (SSSR count). The molecule has 2 aromatic rings. The van der Waals surface area contributed by atoms with Crippen LogP contribution in [0.4, 0.5) is 4.39 Å². The van der Waals surface area contributed by atoms with E-state index in [-0.39, 0.29) is 41.6 Å². The maximum absolute atomic E-state index is 13.7. The third-order valence-electron chi connectivity index (χ3n) is 3.78. The summed E-state index contributed by atoms with van der Waals surface area (Å²) in [5, 5.41) is 6.51. The molecule has 0 saturated carbocycles. The number of hydrogen-bond donors (Lipinski definition) is 2. The normalized spacial score (nSPS) is 12.0. The molecule has 1 atom stereocenters. The van der Waals surface area contributed by atoms with Crippen molar-refractivity contribution in [2.75, 3.05) is 19.6 Å². The first kappa shape index (κ1) is 23.1. The SMILES string of the molecule is CCNC(=NCC(CC)Oc1ccccc1F)NCCc1ccccn1.I. The molecule has 1 heterocycles. The number of nitrogens with one attached hydrogen (secondary N) is 2. The number of ether oxygens (including phenoxy) is 1. The van der Waals surface area contributed by atoms with Gasteiger partial charge in [0.2, 0.25) is 0 Å². The lowest BCUT2D eigenvalue weighted by Crippen LogP contribution is -2.39. The number of halogens is 2. The number of para-hydroxylation sites is 1. The molecule has 0 fully saturated rings. The fourth-order valence-corrected chi connectivity index (χ4v) is 2.36. The smallest absolute Gasteiger partial charge is 0.191 e. The monoisotopic (exact) mass is 486 g/mol. The van der Waals surface area contributed by atoms with Gasteiger partial charge < -0.3 is 15.4 Å². The third kappa shape index (κ3) is 8.55. The second-order valence-corrected chi connectivity index (χ2v) is 5.80. The van der Waals surface area contributed by atoms with Gasteiger partial charge in [-0.05, 0) is 37.6 Å². The molecule has 2 N–H and O–H groups in total. The summed E-state index contributed by atoms with van der Waals surface area (Å²) in [5.41, 5.74) is 1.03. The highest BCUT2D eigenvalue weighted by Gasteiger charge is 2.11. The molecule has 0 radical (unpaired) electrons. The molecule has 0 aliphatic heterocycles. The standard InChI is InChI=1S/C20H27FN4O.HI/c1-3-17(26-19-11-6-5-10-18(19)21)15-25-20(22-4-2)24-14-12-16-9-7-8-13-23-16;/h5-11,13,17H,3-4,12,14-15H2,1-2H3,(H2,22,24,25);1H. The Balaban J connectivity index is 0.00000364. The van der Waals surface area contributed by atoms with E-state index in [1.54, 1.807) is 24.4 Å². The minimum absolute atomic E-state index is 0. The van der Waals surface area contributed by atoms with Crippen molar-refractivity contribution in [2.24, 2.45) is 4.99 Å². The maximum atomic E-state index is 13.7. The highest BCUT2D eigenvalue weighted by molar-refractivity contribution is 14.0. The molecular weight excluding hydrogens is 458 g/mol. The Kier molecular flexibility index (Phi) is 11.4. The van der Waals surface area contributed by atoms with E-state index in [0.29, 0.717) is 6.54 Å². The number of guanidine groups is 1. The van der Waals surface area contributed by atoms with E-state index < -0.39 is 0 Å². The van der Waals surface area contributed by atoms with Gasteiger partial charge in [0.15, 0.2) is 17.5 Å². The van der Waals surface area contributed by atoms with Crippen LogP contribution in [0.1, 0.15) is 26.0 Å². The number of pyridine rings is 1. The molecular formula is C20H28FIN4O. The minimum Gasteiger partial charge on any atom is -0.485 e. The zero-order valence-electron chi connectivity index (χ0n) is 15.8. The van der Waals surface area contributed by atoms with Gasteiger partial charge >= 0.3 is 0 Å². The topological polar surface area (TPSA) is 58.5 Å². The van der Waals surface area contributed by atoms with Gasteiger partial charge in [-0.1, -0.05) is 25.1 Å². The van der Waals surface area contributed by atoms with Crippen LogP contribution in [0.5, 0.6) is 5.75 Å². The molecule has 7 heteroatoms. The van der Waals surface area contributed by atoms with Gasteiger partial charge in [0.25, 0.3) is 0 Å². The van der Waals surface area contributed by atoms with Crippen LogP contribution in [-0.2, 0) is 6.42 Å². The van der Waals surface area contributed by atoms with Crippen molar-refractivity contribution >= 4 is 29.9 Å². The molecule has 0 aliphatic rings. The largest absolute Gasteiger partial charge is 0.485 e. The van der Waals surface area contributed by atoms with E-state index in [0.717, 1.165) is 37.6 Å². The highest BCUT2D eigenvalue weighted by atomic mass is 127. The fourth-order valence-electron chi connectivity index (χ4n) is 2.36. The van der Waals surface area contributed by atoms with Crippen LogP contribution < -0.4 is 15.4 Å². The average molecular weight is 486 g/mol. The number of aliphatic imine (C=N–C) groups is 1. The van der Waals surface area contributed by atoms with E-state index in [1.807, 2.05) is 32.0 Å². The number of aromatic nitrogens is 1. The molecule has 0 spiro atoms. The molecule has 5 nitrogen and oxygen atoms in total. The van der Waals surface area contributed by atoms with Crippen LogP contribution in [0, 0.1) is 5.82 Å². The highest BCUT2D eigenvalue weighted by Crippen LogP contribution is 2.18. The molecule has 0 aliphatic carbocycles. The molecule has 27 heavy (non-hydrogen) atoms. The summed E-state index contributed by atoms with van der Waals surface area (Å²) in [4.78, 5) is 8.88. The molecule has 148 valence electrons. The number of hydrogen-bond acceptors (Lipinski definition) is 3. The van der Waals surface area contributed by atoms with Crippen molar-refractivity contribution < 1.29 is 9.13 Å². The van der Waals surface area contributed by atoms with Crippen molar-refractivity contribution in [2.45, 2.75) is 32.8 Å². The molecule has 0 bridgehead atoms. The zero-order valence-corrected chi connectivity index (χ0v) is 18.2. The Hall–Kier alpha value is -1.90. The quantitative estimate of drug-likeness (QED) is 0.322. The molecule has 1 aromatic heterocycles. The Bertz CT molecular complexity index is 685. The van der Waals surface area contributed by atoms with Crippen LogP contribution in [0.15, 0.2) is 53.7 Å². The predicted molar refractivity (Wildman–Crippen MR) is 118 cm³/mol. The van der Waals surface area contributed by atoms with Crippen molar-refractivity contribution in [3.63, 3.8) is 0 Å². The number of benzene rings is 1. The first-order valence-corrected chi connectivity index (χ1v) is 9.06. The summed E-state index contributed by atoms with van der Waals surface area (Å²) in [7, 11) is 0.